The summed E-state index contributed by atoms with van der Waals surface area (Å²) in [6.07, 6.45) is 1.83. The number of amides is 1. The van der Waals surface area contributed by atoms with E-state index >= 15 is 0 Å². The number of benzene rings is 3. The van der Waals surface area contributed by atoms with Crippen LogP contribution in [-0.2, 0) is 30.7 Å². The first-order valence-corrected chi connectivity index (χ1v) is 12.5. The van der Waals surface area contributed by atoms with Crippen LogP contribution in [0.3, 0.4) is 0 Å². The Kier molecular flexibility index (Phi) is 5.60. The van der Waals surface area contributed by atoms with Gasteiger partial charge in [0.1, 0.15) is 5.69 Å². The molecule has 0 atom stereocenters. The van der Waals surface area contributed by atoms with Gasteiger partial charge in [-0.25, -0.2) is 9.97 Å². The van der Waals surface area contributed by atoms with Crippen LogP contribution >= 0.6 is 11.3 Å². The normalized spacial score (nSPS) is 12.3. The summed E-state index contributed by atoms with van der Waals surface area (Å²) in [6.45, 7) is 0.0223. The summed E-state index contributed by atoms with van der Waals surface area (Å²) in [6, 6.07) is 24.2. The Morgan fingerprint density at radius 1 is 0.886 bits per heavy atom. The Morgan fingerprint density at radius 2 is 1.74 bits per heavy atom. The van der Waals surface area contributed by atoms with Gasteiger partial charge in [0.25, 0.3) is 0 Å². The van der Waals surface area contributed by atoms with Gasteiger partial charge in [0, 0.05) is 5.56 Å². The van der Waals surface area contributed by atoms with Crippen molar-refractivity contribution in [3.8, 4) is 21.8 Å². The molecule has 6 heteroatoms. The highest BCUT2D eigenvalue weighted by Gasteiger charge is 2.23. The number of aromatic nitrogens is 2. The average Bonchev–Trinajstić information content (AvgIpc) is 3.42. The molecule has 0 bridgehead atoms. The molecular formula is C29H23N3O2S. The molecular weight excluding hydrogens is 454 g/mol. The molecule has 6 rings (SSSR count). The predicted octanol–water partition coefficient (Wildman–Crippen LogP) is 5.80. The van der Waals surface area contributed by atoms with Crippen molar-refractivity contribution in [3.63, 3.8) is 0 Å². The number of carbonyl (C=O) groups excluding carboxylic acids is 1. The first-order chi connectivity index (χ1) is 17.2. The van der Waals surface area contributed by atoms with Crippen molar-refractivity contribution in [2.75, 3.05) is 5.32 Å². The zero-order chi connectivity index (χ0) is 23.8. The molecule has 172 valence electrons. The van der Waals surface area contributed by atoms with E-state index in [1.54, 1.807) is 11.3 Å². The molecule has 0 fully saturated rings. The number of aryl methyl sites for hydroxylation is 2. The van der Waals surface area contributed by atoms with Crippen molar-refractivity contribution in [2.45, 2.75) is 25.9 Å². The van der Waals surface area contributed by atoms with Gasteiger partial charge in [0.15, 0.2) is 5.82 Å². The number of carbonyl (C=O) groups is 1. The Hall–Kier alpha value is -3.87. The van der Waals surface area contributed by atoms with E-state index in [2.05, 4.69) is 23.5 Å². The van der Waals surface area contributed by atoms with Gasteiger partial charge in [-0.1, -0.05) is 66.7 Å². The predicted molar refractivity (Wildman–Crippen MR) is 140 cm³/mol. The highest BCUT2D eigenvalue weighted by atomic mass is 32.1. The minimum absolute atomic E-state index is 0.0223. The average molecular weight is 478 g/mol. The monoisotopic (exact) mass is 477 g/mol. The van der Waals surface area contributed by atoms with E-state index in [9.17, 15) is 9.90 Å². The molecule has 0 radical (unpaired) electrons. The third kappa shape index (κ3) is 4.22. The molecule has 3 aromatic carbocycles. The van der Waals surface area contributed by atoms with Crippen LogP contribution in [0.5, 0.6) is 0 Å². The van der Waals surface area contributed by atoms with E-state index in [0.29, 0.717) is 11.5 Å². The number of thiophene rings is 1. The number of rotatable bonds is 5. The van der Waals surface area contributed by atoms with E-state index in [1.165, 1.54) is 5.56 Å². The molecule has 0 aliphatic heterocycles. The second-order valence-electron chi connectivity index (χ2n) is 8.75. The van der Waals surface area contributed by atoms with Crippen LogP contribution < -0.4 is 5.32 Å². The summed E-state index contributed by atoms with van der Waals surface area (Å²) in [4.78, 5) is 24.0. The zero-order valence-corrected chi connectivity index (χ0v) is 19.8. The van der Waals surface area contributed by atoms with Crippen molar-refractivity contribution in [1.82, 2.24) is 9.97 Å². The maximum atomic E-state index is 13.1. The third-order valence-corrected chi connectivity index (χ3v) is 7.27. The van der Waals surface area contributed by atoms with Crippen LogP contribution in [0.15, 0.2) is 78.2 Å². The van der Waals surface area contributed by atoms with Gasteiger partial charge in [-0.15, -0.1) is 11.3 Å². The topological polar surface area (TPSA) is 75.1 Å². The van der Waals surface area contributed by atoms with Gasteiger partial charge >= 0.3 is 0 Å². The summed E-state index contributed by atoms with van der Waals surface area (Å²) >= 11 is 1.57. The van der Waals surface area contributed by atoms with Crippen LogP contribution in [-0.4, -0.2) is 21.0 Å². The van der Waals surface area contributed by atoms with Crippen molar-refractivity contribution >= 4 is 33.8 Å². The minimum atomic E-state index is -0.115. The molecule has 0 unspecified atom stereocenters. The maximum absolute atomic E-state index is 13.1. The summed E-state index contributed by atoms with van der Waals surface area (Å²) in [5.41, 5.74) is 6.49. The molecule has 2 N–H and O–H groups in total. The molecule has 35 heavy (non-hydrogen) atoms. The molecule has 0 spiro atoms. The number of nitrogens with one attached hydrogen (secondary N) is 1. The van der Waals surface area contributed by atoms with Crippen LogP contribution in [0.25, 0.3) is 32.6 Å². The van der Waals surface area contributed by atoms with E-state index in [-0.39, 0.29) is 18.9 Å². The molecule has 1 aliphatic carbocycles. The Morgan fingerprint density at radius 3 is 2.57 bits per heavy atom. The van der Waals surface area contributed by atoms with Crippen LogP contribution in [0, 0.1) is 0 Å². The lowest BCUT2D eigenvalue weighted by molar-refractivity contribution is -0.115. The number of hydrogen-bond acceptors (Lipinski definition) is 5. The second-order valence-corrected chi connectivity index (χ2v) is 9.70. The van der Waals surface area contributed by atoms with E-state index in [0.717, 1.165) is 56.6 Å². The van der Waals surface area contributed by atoms with Gasteiger partial charge in [-0.05, 0) is 51.8 Å². The highest BCUT2D eigenvalue weighted by molar-refractivity contribution is 7.13. The smallest absolute Gasteiger partial charge is 0.230 e. The number of aliphatic hydroxyl groups is 1. The Labute approximate surface area is 207 Å². The fraction of sp³-hybridized carbons (Fsp3) is 0.138. The summed E-state index contributed by atoms with van der Waals surface area (Å²) in [5, 5.41) is 16.8. The number of nitrogens with zero attached hydrogens (tertiary/aromatic N) is 2. The van der Waals surface area contributed by atoms with Crippen molar-refractivity contribution in [2.24, 2.45) is 0 Å². The fourth-order valence-corrected chi connectivity index (χ4v) is 5.39. The van der Waals surface area contributed by atoms with E-state index in [1.807, 2.05) is 60.0 Å². The number of hydrogen-bond donors (Lipinski definition) is 2. The number of anilines is 1. The summed E-state index contributed by atoms with van der Waals surface area (Å²) in [7, 11) is 0. The van der Waals surface area contributed by atoms with Gasteiger partial charge in [0.2, 0.25) is 5.91 Å². The van der Waals surface area contributed by atoms with Crippen LogP contribution in [0.1, 0.15) is 22.4 Å². The molecule has 0 saturated heterocycles. The fourth-order valence-electron chi connectivity index (χ4n) is 4.68. The molecule has 5 aromatic rings. The molecule has 0 saturated carbocycles. The van der Waals surface area contributed by atoms with Crippen molar-refractivity contribution < 1.29 is 9.90 Å². The first kappa shape index (κ1) is 21.6. The maximum Gasteiger partial charge on any atom is 0.230 e. The molecule has 2 heterocycles. The molecule has 2 aromatic heterocycles. The SMILES string of the molecule is O=C(Cc1ccc2ccccc2c1)Nc1nc2c(nc1-c1cccs1)-c1ccc(CO)cc1CC2. The summed E-state index contributed by atoms with van der Waals surface area (Å²) < 4.78 is 0. The second kappa shape index (κ2) is 9.06. The lowest BCUT2D eigenvalue weighted by Gasteiger charge is -2.21. The van der Waals surface area contributed by atoms with Gasteiger partial charge in [-0.2, -0.15) is 0 Å². The van der Waals surface area contributed by atoms with Crippen LogP contribution in [0.4, 0.5) is 5.82 Å². The molecule has 5 nitrogen and oxygen atoms in total. The van der Waals surface area contributed by atoms with E-state index in [4.69, 9.17) is 9.97 Å². The van der Waals surface area contributed by atoms with E-state index < -0.39 is 0 Å². The Bertz CT molecular complexity index is 1560. The zero-order valence-electron chi connectivity index (χ0n) is 19.0. The standard InChI is InChI=1S/C29H23N3O2S/c33-17-19-8-11-23-22(15-19)10-12-24-27(23)32-28(25-6-3-13-35-25)29(30-24)31-26(34)16-18-7-9-20-4-1-2-5-21(20)14-18/h1-9,11,13-15,33H,10,12,16-17H2,(H,30,31,34). The lowest BCUT2D eigenvalue weighted by atomic mass is 9.90. The summed E-state index contributed by atoms with van der Waals surface area (Å²) in [5.74, 6) is 0.392. The quantitative estimate of drug-likeness (QED) is 0.336. The molecule has 1 amide bonds. The minimum Gasteiger partial charge on any atom is -0.392 e. The molecule has 1 aliphatic rings. The van der Waals surface area contributed by atoms with Gasteiger partial charge in [0.05, 0.1) is 29.3 Å². The lowest BCUT2D eigenvalue weighted by Crippen LogP contribution is -2.18. The number of fused-ring (bicyclic) bond motifs is 4. The van der Waals surface area contributed by atoms with Crippen molar-refractivity contribution in [3.05, 3.63) is 101 Å². The Balaban J connectivity index is 1.34. The highest BCUT2D eigenvalue weighted by Crippen LogP contribution is 2.37. The number of aliphatic hydroxyl groups excluding tert-OH is 1. The first-order valence-electron chi connectivity index (χ1n) is 11.6. The largest absolute Gasteiger partial charge is 0.392 e. The van der Waals surface area contributed by atoms with Crippen molar-refractivity contribution in [1.29, 1.82) is 0 Å². The van der Waals surface area contributed by atoms with Gasteiger partial charge < -0.3 is 10.4 Å². The third-order valence-electron chi connectivity index (χ3n) is 6.40. The van der Waals surface area contributed by atoms with Crippen LogP contribution in [0.2, 0.25) is 0 Å². The van der Waals surface area contributed by atoms with Gasteiger partial charge in [-0.3, -0.25) is 4.79 Å².